The van der Waals surface area contributed by atoms with Crippen molar-refractivity contribution in [3.8, 4) is 11.8 Å². The monoisotopic (exact) mass is 292 g/mol. The molecule has 0 atom stereocenters. The van der Waals surface area contributed by atoms with Gasteiger partial charge in [0.05, 0.1) is 5.57 Å². The molecule has 0 aliphatic rings. The number of nitrogens with zero attached hydrogens (tertiary/aromatic N) is 2. The summed E-state index contributed by atoms with van der Waals surface area (Å²) in [6.45, 7) is -1.08. The van der Waals surface area contributed by atoms with E-state index in [-0.39, 0.29) is 5.75 Å². The zero-order valence-electron chi connectivity index (χ0n) is 10.5. The highest BCUT2D eigenvalue weighted by molar-refractivity contribution is 7.11. The smallest absolute Gasteiger partial charge is 0.387 e. The van der Waals surface area contributed by atoms with Gasteiger partial charge in [0, 0.05) is 16.6 Å². The second-order valence-electron chi connectivity index (χ2n) is 3.88. The van der Waals surface area contributed by atoms with Crippen LogP contribution in [0.3, 0.4) is 0 Å². The third kappa shape index (κ3) is 3.39. The van der Waals surface area contributed by atoms with Gasteiger partial charge in [-0.05, 0) is 19.1 Å². The lowest BCUT2D eigenvalue weighted by Crippen LogP contribution is -2.03. The normalized spacial score (nSPS) is 11.4. The fraction of sp³-hybridized carbons (Fsp3) is 0.143. The maximum atomic E-state index is 12.3. The maximum Gasteiger partial charge on any atom is 0.387 e. The van der Waals surface area contributed by atoms with Gasteiger partial charge in [0.2, 0.25) is 0 Å². The molecule has 102 valence electrons. The Labute approximate surface area is 118 Å². The molecule has 0 unspecified atom stereocenters. The molecule has 1 heterocycles. The van der Waals surface area contributed by atoms with Crippen LogP contribution in [0.1, 0.15) is 16.3 Å². The number of aromatic nitrogens is 1. The van der Waals surface area contributed by atoms with Crippen LogP contribution < -0.4 is 4.74 Å². The number of para-hydroxylation sites is 1. The van der Waals surface area contributed by atoms with Crippen LogP contribution in [0, 0.1) is 18.3 Å². The lowest BCUT2D eigenvalue weighted by molar-refractivity contribution is -0.0499. The van der Waals surface area contributed by atoms with Gasteiger partial charge in [-0.15, -0.1) is 11.3 Å². The molecular weight excluding hydrogens is 282 g/mol. The van der Waals surface area contributed by atoms with Crippen LogP contribution in [-0.4, -0.2) is 11.6 Å². The second kappa shape index (κ2) is 6.26. The summed E-state index contributed by atoms with van der Waals surface area (Å²) in [5, 5.41) is 11.6. The maximum absolute atomic E-state index is 12.3. The summed E-state index contributed by atoms with van der Waals surface area (Å²) in [7, 11) is 0. The van der Waals surface area contributed by atoms with Crippen molar-refractivity contribution in [1.82, 2.24) is 4.98 Å². The molecule has 0 N–H and O–H groups in total. The molecule has 1 aromatic heterocycles. The minimum atomic E-state index is -2.91. The Bertz CT molecular complexity index is 674. The zero-order valence-corrected chi connectivity index (χ0v) is 11.3. The standard InChI is InChI=1S/C14H10F2N2OS/c1-9-8-20-13(18-9)11(7-17)6-10-4-2-3-5-12(10)19-14(15)16/h2-6,8,14H,1H3/b11-6-. The van der Waals surface area contributed by atoms with E-state index in [0.29, 0.717) is 16.1 Å². The molecule has 0 amide bonds. The zero-order chi connectivity index (χ0) is 14.5. The SMILES string of the molecule is Cc1csc(/C(C#N)=C\c2ccccc2OC(F)F)n1. The van der Waals surface area contributed by atoms with Crippen molar-refractivity contribution < 1.29 is 13.5 Å². The first-order valence-electron chi connectivity index (χ1n) is 5.68. The molecule has 2 rings (SSSR count). The van der Waals surface area contributed by atoms with Crippen LogP contribution >= 0.6 is 11.3 Å². The van der Waals surface area contributed by atoms with Gasteiger partial charge in [0.25, 0.3) is 0 Å². The number of ether oxygens (including phenoxy) is 1. The summed E-state index contributed by atoms with van der Waals surface area (Å²) >= 11 is 1.33. The highest BCUT2D eigenvalue weighted by Crippen LogP contribution is 2.27. The highest BCUT2D eigenvalue weighted by Gasteiger charge is 2.10. The van der Waals surface area contributed by atoms with Gasteiger partial charge in [-0.2, -0.15) is 14.0 Å². The molecule has 3 nitrogen and oxygen atoms in total. The van der Waals surface area contributed by atoms with Crippen molar-refractivity contribution in [1.29, 1.82) is 5.26 Å². The number of thiazole rings is 1. The molecule has 0 radical (unpaired) electrons. The van der Waals surface area contributed by atoms with Crippen molar-refractivity contribution >= 4 is 23.0 Å². The van der Waals surface area contributed by atoms with E-state index in [2.05, 4.69) is 9.72 Å². The number of benzene rings is 1. The largest absolute Gasteiger partial charge is 0.434 e. The van der Waals surface area contributed by atoms with E-state index in [1.807, 2.05) is 18.4 Å². The van der Waals surface area contributed by atoms with E-state index in [4.69, 9.17) is 0 Å². The van der Waals surface area contributed by atoms with Gasteiger partial charge in [-0.25, -0.2) is 4.98 Å². The average Bonchev–Trinajstić information content (AvgIpc) is 2.83. The Balaban J connectivity index is 2.40. The molecule has 0 bridgehead atoms. The summed E-state index contributed by atoms with van der Waals surface area (Å²) < 4.78 is 29.1. The molecule has 0 aliphatic carbocycles. The first kappa shape index (κ1) is 14.2. The number of nitriles is 1. The summed E-state index contributed by atoms with van der Waals surface area (Å²) in [5.41, 5.74) is 1.54. The number of alkyl halides is 2. The van der Waals surface area contributed by atoms with E-state index in [0.717, 1.165) is 5.69 Å². The first-order chi connectivity index (χ1) is 9.60. The third-order valence-electron chi connectivity index (χ3n) is 2.40. The number of allylic oxidation sites excluding steroid dienone is 1. The van der Waals surface area contributed by atoms with Crippen molar-refractivity contribution in [2.24, 2.45) is 0 Å². The molecule has 0 fully saturated rings. The number of hydrogen-bond acceptors (Lipinski definition) is 4. The molecule has 20 heavy (non-hydrogen) atoms. The fourth-order valence-electron chi connectivity index (χ4n) is 1.58. The topological polar surface area (TPSA) is 45.9 Å². The average molecular weight is 292 g/mol. The summed E-state index contributed by atoms with van der Waals surface area (Å²) in [5.74, 6) is 0.0310. The van der Waals surface area contributed by atoms with Crippen LogP contribution in [0.25, 0.3) is 11.6 Å². The summed E-state index contributed by atoms with van der Waals surface area (Å²) in [6.07, 6.45) is 1.50. The predicted octanol–water partition coefficient (Wildman–Crippen LogP) is 4.12. The Morgan fingerprint density at radius 2 is 2.20 bits per heavy atom. The van der Waals surface area contributed by atoms with Crippen molar-refractivity contribution in [2.45, 2.75) is 13.5 Å². The minimum absolute atomic E-state index is 0.0310. The van der Waals surface area contributed by atoms with Crippen LogP contribution in [0.15, 0.2) is 29.6 Å². The highest BCUT2D eigenvalue weighted by atomic mass is 32.1. The molecule has 6 heteroatoms. The van der Waals surface area contributed by atoms with Gasteiger partial charge in [0.1, 0.15) is 16.8 Å². The van der Waals surface area contributed by atoms with E-state index < -0.39 is 6.61 Å². The quantitative estimate of drug-likeness (QED) is 0.796. The fourth-order valence-corrected chi connectivity index (χ4v) is 2.34. The predicted molar refractivity (Wildman–Crippen MR) is 73.4 cm³/mol. The van der Waals surface area contributed by atoms with Gasteiger partial charge < -0.3 is 4.74 Å². The molecule has 2 aromatic rings. The first-order valence-corrected chi connectivity index (χ1v) is 6.56. The minimum Gasteiger partial charge on any atom is -0.434 e. The van der Waals surface area contributed by atoms with Crippen molar-refractivity contribution in [2.75, 3.05) is 0 Å². The Morgan fingerprint density at radius 3 is 2.80 bits per heavy atom. The van der Waals surface area contributed by atoms with Crippen molar-refractivity contribution in [3.05, 3.63) is 45.9 Å². The molecule has 0 spiro atoms. The lowest BCUT2D eigenvalue weighted by atomic mass is 10.1. The third-order valence-corrected chi connectivity index (χ3v) is 3.40. The van der Waals surface area contributed by atoms with Gasteiger partial charge >= 0.3 is 6.61 Å². The molecule has 0 saturated heterocycles. The molecule has 0 aliphatic heterocycles. The van der Waals surface area contributed by atoms with Crippen LogP contribution in [0.4, 0.5) is 8.78 Å². The van der Waals surface area contributed by atoms with Crippen molar-refractivity contribution in [3.63, 3.8) is 0 Å². The Morgan fingerprint density at radius 1 is 1.45 bits per heavy atom. The summed E-state index contributed by atoms with van der Waals surface area (Å²) in [4.78, 5) is 4.21. The number of rotatable bonds is 4. The number of halogens is 2. The Hall–Kier alpha value is -2.26. The summed E-state index contributed by atoms with van der Waals surface area (Å²) in [6, 6.07) is 8.34. The van der Waals surface area contributed by atoms with E-state index >= 15 is 0 Å². The number of hydrogen-bond donors (Lipinski definition) is 0. The van der Waals surface area contributed by atoms with Crippen LogP contribution in [-0.2, 0) is 0 Å². The van der Waals surface area contributed by atoms with Gasteiger partial charge in [-0.3, -0.25) is 0 Å². The lowest BCUT2D eigenvalue weighted by Gasteiger charge is -2.07. The number of aryl methyl sites for hydroxylation is 1. The molecular formula is C14H10F2N2OS. The van der Waals surface area contributed by atoms with E-state index in [1.165, 1.54) is 23.5 Å². The Kier molecular flexibility index (Phi) is 4.43. The van der Waals surface area contributed by atoms with E-state index in [9.17, 15) is 14.0 Å². The van der Waals surface area contributed by atoms with Crippen LogP contribution in [0.2, 0.25) is 0 Å². The molecule has 1 aromatic carbocycles. The van der Waals surface area contributed by atoms with Gasteiger partial charge in [-0.1, -0.05) is 18.2 Å². The van der Waals surface area contributed by atoms with Crippen LogP contribution in [0.5, 0.6) is 5.75 Å². The van der Waals surface area contributed by atoms with E-state index in [1.54, 1.807) is 18.2 Å². The molecule has 0 saturated carbocycles. The second-order valence-corrected chi connectivity index (χ2v) is 4.74. The van der Waals surface area contributed by atoms with Gasteiger partial charge in [0.15, 0.2) is 0 Å².